The normalized spacial score (nSPS) is 10.5. The van der Waals surface area contributed by atoms with Gasteiger partial charge in [0.25, 0.3) is 0 Å². The van der Waals surface area contributed by atoms with Gasteiger partial charge < -0.3 is 10.3 Å². The van der Waals surface area contributed by atoms with Crippen molar-refractivity contribution in [2.24, 2.45) is 5.73 Å². The van der Waals surface area contributed by atoms with Crippen LogP contribution in [-0.4, -0.2) is 16.8 Å². The Morgan fingerprint density at radius 1 is 1.62 bits per heavy atom. The molecule has 0 bridgehead atoms. The molecule has 0 aliphatic carbocycles. The zero-order valence-corrected chi connectivity index (χ0v) is 10.0. The van der Waals surface area contributed by atoms with Crippen LogP contribution < -0.4 is 5.73 Å². The predicted octanol–water partition coefficient (Wildman–Crippen LogP) is 2.12. The molecule has 0 atom stereocenters. The van der Waals surface area contributed by atoms with Crippen molar-refractivity contribution in [1.82, 2.24) is 5.16 Å². The second-order valence-electron chi connectivity index (χ2n) is 3.12. The lowest BCUT2D eigenvalue weighted by Crippen LogP contribution is -2.13. The van der Waals surface area contributed by atoms with Crippen molar-refractivity contribution in [1.29, 1.82) is 0 Å². The van der Waals surface area contributed by atoms with E-state index in [4.69, 9.17) is 10.3 Å². The molecule has 84 valence electrons. The third kappa shape index (κ3) is 2.86. The van der Waals surface area contributed by atoms with Gasteiger partial charge in [0.2, 0.25) is 5.91 Å². The largest absolute Gasteiger partial charge is 0.369 e. The third-order valence-corrected chi connectivity index (χ3v) is 3.69. The Bertz CT molecular complexity index is 465. The molecule has 2 N–H and O–H groups in total. The van der Waals surface area contributed by atoms with E-state index in [1.165, 1.54) is 11.8 Å². The Balaban J connectivity index is 1.95. The number of rotatable bonds is 5. The molecule has 2 rings (SSSR count). The van der Waals surface area contributed by atoms with Gasteiger partial charge in [-0.15, -0.1) is 23.1 Å². The lowest BCUT2D eigenvalue weighted by molar-refractivity contribution is -0.115. The van der Waals surface area contributed by atoms with Gasteiger partial charge in [0, 0.05) is 11.8 Å². The zero-order valence-electron chi connectivity index (χ0n) is 8.38. The molecule has 0 aliphatic rings. The summed E-state index contributed by atoms with van der Waals surface area (Å²) in [6.45, 7) is 0. The molecule has 0 fully saturated rings. The molecule has 16 heavy (non-hydrogen) atoms. The molecule has 0 spiro atoms. The summed E-state index contributed by atoms with van der Waals surface area (Å²) in [6.07, 6.45) is 0. The zero-order chi connectivity index (χ0) is 11.4. The van der Waals surface area contributed by atoms with Crippen LogP contribution in [0.2, 0.25) is 0 Å². The van der Waals surface area contributed by atoms with Crippen molar-refractivity contribution in [2.75, 3.05) is 5.75 Å². The van der Waals surface area contributed by atoms with Crippen molar-refractivity contribution < 1.29 is 9.32 Å². The lowest BCUT2D eigenvalue weighted by atomic mass is 10.3. The maximum Gasteiger partial charge on any atom is 0.227 e. The van der Waals surface area contributed by atoms with Crippen LogP contribution in [0.25, 0.3) is 10.6 Å². The van der Waals surface area contributed by atoms with Crippen molar-refractivity contribution >= 4 is 29.0 Å². The lowest BCUT2D eigenvalue weighted by Gasteiger charge is -1.92. The van der Waals surface area contributed by atoms with Crippen LogP contribution in [0, 0.1) is 0 Å². The van der Waals surface area contributed by atoms with E-state index in [9.17, 15) is 4.79 Å². The summed E-state index contributed by atoms with van der Waals surface area (Å²) in [5, 5.41) is 5.91. The van der Waals surface area contributed by atoms with Gasteiger partial charge in [-0.3, -0.25) is 4.79 Å². The third-order valence-electron chi connectivity index (χ3n) is 1.82. The van der Waals surface area contributed by atoms with Crippen LogP contribution in [0.3, 0.4) is 0 Å². The van der Waals surface area contributed by atoms with Crippen LogP contribution >= 0.6 is 23.1 Å². The Morgan fingerprint density at radius 2 is 2.50 bits per heavy atom. The first-order valence-corrected chi connectivity index (χ1v) is 6.64. The number of hydrogen-bond acceptors (Lipinski definition) is 5. The maximum absolute atomic E-state index is 10.5. The monoisotopic (exact) mass is 254 g/mol. The van der Waals surface area contributed by atoms with Crippen LogP contribution in [0.4, 0.5) is 0 Å². The molecule has 0 aliphatic heterocycles. The molecule has 0 aromatic carbocycles. The second kappa shape index (κ2) is 5.18. The van der Waals surface area contributed by atoms with Crippen LogP contribution in [0.1, 0.15) is 5.69 Å². The SMILES string of the molecule is NC(=O)CSCc1cc(-c2cccs2)on1. The quantitative estimate of drug-likeness (QED) is 0.887. The fraction of sp³-hybridized carbons (Fsp3) is 0.200. The molecule has 0 saturated carbocycles. The van der Waals surface area contributed by atoms with Gasteiger partial charge in [-0.1, -0.05) is 11.2 Å². The maximum atomic E-state index is 10.5. The first-order chi connectivity index (χ1) is 7.75. The fourth-order valence-electron chi connectivity index (χ4n) is 1.17. The molecule has 2 aromatic heterocycles. The molecule has 0 saturated heterocycles. The average Bonchev–Trinajstić information content (AvgIpc) is 2.85. The van der Waals surface area contributed by atoms with Crippen LogP contribution in [-0.2, 0) is 10.5 Å². The van der Waals surface area contributed by atoms with Gasteiger partial charge in [0.05, 0.1) is 16.3 Å². The van der Waals surface area contributed by atoms with Crippen molar-refractivity contribution in [3.8, 4) is 10.6 Å². The van der Waals surface area contributed by atoms with Gasteiger partial charge in [-0.05, 0) is 11.4 Å². The summed E-state index contributed by atoms with van der Waals surface area (Å²) in [6, 6.07) is 5.83. The molecule has 1 amide bonds. The minimum atomic E-state index is -0.313. The number of amides is 1. The molecule has 0 radical (unpaired) electrons. The van der Waals surface area contributed by atoms with E-state index in [-0.39, 0.29) is 5.91 Å². The Morgan fingerprint density at radius 3 is 3.19 bits per heavy atom. The number of primary amides is 1. The van der Waals surface area contributed by atoms with Gasteiger partial charge in [-0.2, -0.15) is 0 Å². The Hall–Kier alpha value is -1.27. The van der Waals surface area contributed by atoms with Crippen LogP contribution in [0.15, 0.2) is 28.1 Å². The fourth-order valence-corrected chi connectivity index (χ4v) is 2.49. The molecule has 2 aromatic rings. The smallest absolute Gasteiger partial charge is 0.227 e. The van der Waals surface area contributed by atoms with E-state index >= 15 is 0 Å². The summed E-state index contributed by atoms with van der Waals surface area (Å²) < 4.78 is 5.20. The molecule has 4 nitrogen and oxygen atoms in total. The van der Waals surface area contributed by atoms with E-state index in [0.717, 1.165) is 16.3 Å². The summed E-state index contributed by atoms with van der Waals surface area (Å²) in [5.74, 6) is 1.40. The van der Waals surface area contributed by atoms with Gasteiger partial charge >= 0.3 is 0 Å². The number of thiophene rings is 1. The minimum absolute atomic E-state index is 0.307. The van der Waals surface area contributed by atoms with Gasteiger partial charge in [0.15, 0.2) is 5.76 Å². The average molecular weight is 254 g/mol. The highest BCUT2D eigenvalue weighted by Crippen LogP contribution is 2.26. The second-order valence-corrected chi connectivity index (χ2v) is 5.05. The van der Waals surface area contributed by atoms with E-state index in [1.807, 2.05) is 23.6 Å². The number of aromatic nitrogens is 1. The summed E-state index contributed by atoms with van der Waals surface area (Å²) in [5.41, 5.74) is 5.87. The van der Waals surface area contributed by atoms with Crippen LogP contribution in [0.5, 0.6) is 0 Å². The summed E-state index contributed by atoms with van der Waals surface area (Å²) >= 11 is 3.03. The topological polar surface area (TPSA) is 69.1 Å². The van der Waals surface area contributed by atoms with E-state index in [2.05, 4.69) is 5.16 Å². The van der Waals surface area contributed by atoms with Gasteiger partial charge in [-0.25, -0.2) is 0 Å². The molecular formula is C10H10N2O2S2. The standard InChI is InChI=1S/C10H10N2O2S2/c11-10(13)6-15-5-7-4-8(14-12-7)9-2-1-3-16-9/h1-4H,5-6H2,(H2,11,13). The molecule has 0 unspecified atom stereocenters. The number of nitrogens with two attached hydrogens (primary N) is 1. The molecule has 2 heterocycles. The highest BCUT2D eigenvalue weighted by molar-refractivity contribution is 7.99. The number of nitrogens with zero attached hydrogens (tertiary/aromatic N) is 1. The van der Waals surface area contributed by atoms with Crippen molar-refractivity contribution in [2.45, 2.75) is 5.75 Å². The number of hydrogen-bond donors (Lipinski definition) is 1. The number of carbonyl (C=O) groups is 1. The number of carbonyl (C=O) groups excluding carboxylic acids is 1. The highest BCUT2D eigenvalue weighted by atomic mass is 32.2. The van der Waals surface area contributed by atoms with Crippen molar-refractivity contribution in [3.05, 3.63) is 29.3 Å². The first-order valence-electron chi connectivity index (χ1n) is 4.61. The Labute approximate surface area is 101 Å². The van der Waals surface area contributed by atoms with E-state index in [1.54, 1.807) is 11.3 Å². The molecular weight excluding hydrogens is 244 g/mol. The summed E-state index contributed by atoms with van der Waals surface area (Å²) in [7, 11) is 0. The minimum Gasteiger partial charge on any atom is -0.369 e. The van der Waals surface area contributed by atoms with Crippen molar-refractivity contribution in [3.63, 3.8) is 0 Å². The highest BCUT2D eigenvalue weighted by Gasteiger charge is 2.07. The predicted molar refractivity (Wildman–Crippen MR) is 65.2 cm³/mol. The molecule has 6 heteroatoms. The Kier molecular flexibility index (Phi) is 3.63. The van der Waals surface area contributed by atoms with E-state index in [0.29, 0.717) is 11.5 Å². The first kappa shape index (κ1) is 11.2. The summed E-state index contributed by atoms with van der Waals surface area (Å²) in [4.78, 5) is 11.6. The van der Waals surface area contributed by atoms with E-state index < -0.39 is 0 Å². The van der Waals surface area contributed by atoms with Gasteiger partial charge in [0.1, 0.15) is 0 Å². The number of thioether (sulfide) groups is 1.